The van der Waals surface area contributed by atoms with E-state index in [1.165, 1.54) is 4.90 Å². The molecule has 1 N–H and O–H groups in total. The van der Waals surface area contributed by atoms with Crippen molar-refractivity contribution in [2.45, 2.75) is 4.90 Å². The third-order valence-electron chi connectivity index (χ3n) is 3.93. The Labute approximate surface area is 156 Å². The number of benzene rings is 2. The summed E-state index contributed by atoms with van der Waals surface area (Å²) < 4.78 is 1.10. The Hall–Kier alpha value is -1.89. The van der Waals surface area contributed by atoms with Gasteiger partial charge in [0.2, 0.25) is 0 Å². The summed E-state index contributed by atoms with van der Waals surface area (Å²) in [4.78, 5) is 22.1. The summed E-state index contributed by atoms with van der Waals surface area (Å²) in [6, 6.07) is 15.8. The topological polar surface area (TPSA) is 37.6 Å². The maximum atomic E-state index is 13.3. The van der Waals surface area contributed by atoms with Crippen LogP contribution in [0.2, 0.25) is 0 Å². The van der Waals surface area contributed by atoms with Crippen molar-refractivity contribution in [2.75, 3.05) is 38.3 Å². The first-order chi connectivity index (χ1) is 12.1. The second kappa shape index (κ2) is 7.99. The van der Waals surface area contributed by atoms with Crippen molar-refractivity contribution in [3.05, 3.63) is 54.1 Å². The van der Waals surface area contributed by atoms with E-state index < -0.39 is 0 Å². The van der Waals surface area contributed by atoms with E-state index in [-0.39, 0.29) is 5.91 Å². The van der Waals surface area contributed by atoms with Gasteiger partial charge in [-0.05, 0) is 30.5 Å². The number of hydrogen-bond acceptors (Lipinski definition) is 4. The lowest BCUT2D eigenvalue weighted by atomic mass is 10.2. The number of hydrogen-bond donors (Lipinski definition) is 1. The zero-order valence-electron chi connectivity index (χ0n) is 14.7. The number of rotatable bonds is 6. The van der Waals surface area contributed by atoms with Crippen LogP contribution in [0.3, 0.4) is 0 Å². The highest BCUT2D eigenvalue weighted by Gasteiger charge is 2.23. The van der Waals surface area contributed by atoms with E-state index in [4.69, 9.17) is 4.98 Å². The number of nitrogens with one attached hydrogen (secondary N) is 1. The van der Waals surface area contributed by atoms with Crippen molar-refractivity contribution in [1.29, 1.82) is 0 Å². The summed E-state index contributed by atoms with van der Waals surface area (Å²) in [7, 11) is 4.19. The number of likely N-dealkylation sites (N-methyl/N-ethyl adjacent to an activating group) is 1. The highest BCUT2D eigenvalue weighted by molar-refractivity contribution is 7.98. The highest BCUT2D eigenvalue weighted by Crippen LogP contribution is 2.30. The maximum Gasteiger partial charge on any atom is 0.261 e. The van der Waals surface area contributed by atoms with Crippen LogP contribution in [-0.4, -0.2) is 44.3 Å². The van der Waals surface area contributed by atoms with Crippen LogP contribution in [0, 0.1) is 0 Å². The van der Waals surface area contributed by atoms with E-state index in [2.05, 4.69) is 14.1 Å². The standard InChI is InChI=1S/C19H21N3OS2/c1-21(2)12-13-22(18(23)14-8-4-6-10-16(14)24-3)19-20-15-9-5-7-11-17(15)25-19/h4-11H,12-13H2,1-3H3/p+1. The first kappa shape index (κ1) is 17.9. The fourth-order valence-corrected chi connectivity index (χ4v) is 4.14. The smallest absolute Gasteiger partial charge is 0.261 e. The Morgan fingerprint density at radius 3 is 2.60 bits per heavy atom. The number of anilines is 1. The Bertz CT molecular complexity index is 843. The summed E-state index contributed by atoms with van der Waals surface area (Å²) in [5.74, 6) is 0.0188. The van der Waals surface area contributed by atoms with Crippen LogP contribution in [0.1, 0.15) is 10.4 Å². The van der Waals surface area contributed by atoms with Gasteiger partial charge in [0.15, 0.2) is 5.13 Å². The molecule has 0 radical (unpaired) electrons. The van der Waals surface area contributed by atoms with E-state index in [0.717, 1.165) is 32.4 Å². The molecule has 1 amide bonds. The largest absolute Gasteiger partial charge is 0.338 e. The fourth-order valence-electron chi connectivity index (χ4n) is 2.56. The third kappa shape index (κ3) is 4.03. The van der Waals surface area contributed by atoms with E-state index in [9.17, 15) is 4.79 Å². The zero-order chi connectivity index (χ0) is 17.8. The van der Waals surface area contributed by atoms with Gasteiger partial charge >= 0.3 is 0 Å². The van der Waals surface area contributed by atoms with Crippen molar-refractivity contribution in [3.63, 3.8) is 0 Å². The number of thiazole rings is 1. The normalized spacial score (nSPS) is 11.2. The van der Waals surface area contributed by atoms with Gasteiger partial charge in [-0.15, -0.1) is 11.8 Å². The van der Waals surface area contributed by atoms with Gasteiger partial charge in [0.25, 0.3) is 5.91 Å². The third-order valence-corrected chi connectivity index (χ3v) is 5.79. The SMILES string of the molecule is CSc1ccccc1C(=O)N(CC[NH+](C)C)c1nc2ccccc2s1. The van der Waals surface area contributed by atoms with Gasteiger partial charge in [0.1, 0.15) is 0 Å². The first-order valence-electron chi connectivity index (χ1n) is 8.19. The quantitative estimate of drug-likeness (QED) is 0.676. The van der Waals surface area contributed by atoms with Crippen LogP contribution in [0.5, 0.6) is 0 Å². The van der Waals surface area contributed by atoms with Crippen molar-refractivity contribution >= 4 is 44.4 Å². The number of para-hydroxylation sites is 1. The number of amides is 1. The van der Waals surface area contributed by atoms with Gasteiger partial charge in [-0.1, -0.05) is 35.6 Å². The average molecular weight is 373 g/mol. The van der Waals surface area contributed by atoms with Crippen LogP contribution in [0.25, 0.3) is 10.2 Å². The molecule has 2 aromatic carbocycles. The molecule has 6 heteroatoms. The van der Waals surface area contributed by atoms with E-state index >= 15 is 0 Å². The van der Waals surface area contributed by atoms with Crippen LogP contribution >= 0.6 is 23.1 Å². The molecule has 0 aliphatic carbocycles. The minimum Gasteiger partial charge on any atom is -0.338 e. The molecule has 1 aromatic heterocycles. The minimum absolute atomic E-state index is 0.0188. The molecular formula is C19H22N3OS2+. The van der Waals surface area contributed by atoms with Crippen LogP contribution in [-0.2, 0) is 0 Å². The predicted molar refractivity (Wildman–Crippen MR) is 107 cm³/mol. The average Bonchev–Trinajstić information content (AvgIpc) is 3.05. The molecule has 130 valence electrons. The second-order valence-corrected chi connectivity index (χ2v) is 7.94. The van der Waals surface area contributed by atoms with E-state index in [0.29, 0.717) is 6.54 Å². The molecule has 0 saturated heterocycles. The van der Waals surface area contributed by atoms with Crippen molar-refractivity contribution in [1.82, 2.24) is 4.98 Å². The molecule has 1 heterocycles. The summed E-state index contributed by atoms with van der Waals surface area (Å²) in [6.45, 7) is 1.51. The van der Waals surface area contributed by atoms with Gasteiger partial charge in [-0.2, -0.15) is 0 Å². The summed E-state index contributed by atoms with van der Waals surface area (Å²) >= 11 is 3.17. The van der Waals surface area contributed by atoms with E-state index in [1.807, 2.05) is 59.7 Å². The number of carbonyl (C=O) groups is 1. The molecule has 3 rings (SSSR count). The number of aromatic nitrogens is 1. The molecule has 0 unspecified atom stereocenters. The molecule has 0 aliphatic rings. The maximum absolute atomic E-state index is 13.3. The van der Waals surface area contributed by atoms with E-state index in [1.54, 1.807) is 23.1 Å². The number of thioether (sulfide) groups is 1. The number of fused-ring (bicyclic) bond motifs is 1. The second-order valence-electron chi connectivity index (χ2n) is 6.08. The molecular weight excluding hydrogens is 350 g/mol. The minimum atomic E-state index is 0.0188. The molecule has 0 aliphatic heterocycles. The Kier molecular flexibility index (Phi) is 5.73. The van der Waals surface area contributed by atoms with Gasteiger partial charge in [-0.25, -0.2) is 4.98 Å². The summed E-state index contributed by atoms with van der Waals surface area (Å²) in [6.07, 6.45) is 2.00. The van der Waals surface area contributed by atoms with Crippen molar-refractivity contribution in [2.24, 2.45) is 0 Å². The molecule has 25 heavy (non-hydrogen) atoms. The van der Waals surface area contributed by atoms with Crippen LogP contribution < -0.4 is 9.80 Å². The molecule has 0 bridgehead atoms. The lowest BCUT2D eigenvalue weighted by molar-refractivity contribution is -0.856. The highest BCUT2D eigenvalue weighted by atomic mass is 32.2. The Morgan fingerprint density at radius 1 is 1.16 bits per heavy atom. The lowest BCUT2D eigenvalue weighted by Crippen LogP contribution is -3.06. The summed E-state index contributed by atoms with van der Waals surface area (Å²) in [5.41, 5.74) is 1.68. The zero-order valence-corrected chi connectivity index (χ0v) is 16.3. The lowest BCUT2D eigenvalue weighted by Gasteiger charge is -2.21. The number of quaternary nitrogens is 1. The fraction of sp³-hybridized carbons (Fsp3) is 0.263. The molecule has 3 aromatic rings. The van der Waals surface area contributed by atoms with Crippen LogP contribution in [0.15, 0.2) is 53.4 Å². The first-order valence-corrected chi connectivity index (χ1v) is 10.2. The van der Waals surface area contributed by atoms with Gasteiger partial charge < -0.3 is 4.90 Å². The van der Waals surface area contributed by atoms with Gasteiger partial charge in [-0.3, -0.25) is 9.69 Å². The Balaban J connectivity index is 2.00. The Morgan fingerprint density at radius 2 is 1.88 bits per heavy atom. The van der Waals surface area contributed by atoms with Gasteiger partial charge in [0.05, 0.1) is 43.0 Å². The number of carbonyl (C=O) groups excluding carboxylic acids is 1. The van der Waals surface area contributed by atoms with Crippen LogP contribution in [0.4, 0.5) is 5.13 Å². The monoisotopic (exact) mass is 372 g/mol. The molecule has 0 fully saturated rings. The van der Waals surface area contributed by atoms with Crippen molar-refractivity contribution in [3.8, 4) is 0 Å². The van der Waals surface area contributed by atoms with Gasteiger partial charge in [0, 0.05) is 4.90 Å². The van der Waals surface area contributed by atoms with Crippen molar-refractivity contribution < 1.29 is 9.69 Å². The molecule has 4 nitrogen and oxygen atoms in total. The molecule has 0 atom stereocenters. The predicted octanol–water partition coefficient (Wildman–Crippen LogP) is 2.81. The number of nitrogens with zero attached hydrogens (tertiary/aromatic N) is 2. The molecule has 0 spiro atoms. The molecule has 0 saturated carbocycles. The summed E-state index contributed by atoms with van der Waals surface area (Å²) in [5, 5.41) is 0.767.